The highest BCUT2D eigenvalue weighted by Crippen LogP contribution is 2.35. The monoisotopic (exact) mass is 542 g/mol. The maximum absolute atomic E-state index is 13.1. The molecule has 0 radical (unpaired) electrons. The molecule has 3 aromatic rings. The van der Waals surface area contributed by atoms with Gasteiger partial charge in [-0.25, -0.2) is 8.42 Å². The molecule has 4 rings (SSSR count). The maximum atomic E-state index is 13.1. The van der Waals surface area contributed by atoms with Crippen LogP contribution in [0.15, 0.2) is 53.4 Å². The molecule has 2 aromatic carbocycles. The van der Waals surface area contributed by atoms with Crippen molar-refractivity contribution in [2.45, 2.75) is 11.1 Å². The third-order valence-corrected chi connectivity index (χ3v) is 8.15. The molecule has 1 saturated heterocycles. The minimum atomic E-state index is -4.69. The Morgan fingerprint density at radius 3 is 2.17 bits per heavy atom. The van der Waals surface area contributed by atoms with Gasteiger partial charge in [-0.1, -0.05) is 11.6 Å². The number of sulfonamides is 1. The Balaban J connectivity index is 1.47. The second kappa shape index (κ2) is 10.1. The lowest BCUT2D eigenvalue weighted by atomic mass is 10.1. The predicted octanol–water partition coefficient (Wildman–Crippen LogP) is 4.34. The second-order valence-corrected chi connectivity index (χ2v) is 10.2. The van der Waals surface area contributed by atoms with Gasteiger partial charge in [-0.05, 0) is 48.5 Å². The number of rotatable bonds is 6. The van der Waals surface area contributed by atoms with Crippen LogP contribution in [-0.2, 0) is 16.2 Å². The van der Waals surface area contributed by atoms with Crippen molar-refractivity contribution >= 4 is 27.4 Å². The van der Waals surface area contributed by atoms with Gasteiger partial charge in [-0.15, -0.1) is 10.2 Å². The molecule has 1 fully saturated rings. The van der Waals surface area contributed by atoms with E-state index in [4.69, 9.17) is 21.1 Å². The highest BCUT2D eigenvalue weighted by atomic mass is 35.5. The average Bonchev–Trinajstić information content (AvgIpc) is 2.88. The Morgan fingerprint density at radius 1 is 0.889 bits per heavy atom. The van der Waals surface area contributed by atoms with Crippen LogP contribution in [-0.4, -0.2) is 63.3 Å². The third-order valence-electron chi connectivity index (χ3n) is 5.77. The largest absolute Gasteiger partial charge is 0.493 e. The molecule has 8 nitrogen and oxygen atoms in total. The number of aromatic nitrogens is 2. The SMILES string of the molecule is COc1ccc(-c2ccc(N3CCN(S(=O)(=O)c4cc(C(F)(F)F)ccc4Cl)CC3)nn2)cc1OC. The van der Waals surface area contributed by atoms with Crippen molar-refractivity contribution in [2.24, 2.45) is 0 Å². The summed E-state index contributed by atoms with van der Waals surface area (Å²) in [5, 5.41) is 8.27. The first-order valence-corrected chi connectivity index (χ1v) is 12.5. The van der Waals surface area contributed by atoms with Crippen molar-refractivity contribution in [3.05, 3.63) is 59.1 Å². The lowest BCUT2D eigenvalue weighted by Crippen LogP contribution is -2.49. The van der Waals surface area contributed by atoms with Gasteiger partial charge in [0, 0.05) is 31.7 Å². The van der Waals surface area contributed by atoms with Crippen LogP contribution < -0.4 is 14.4 Å². The van der Waals surface area contributed by atoms with Gasteiger partial charge in [0.1, 0.15) is 4.90 Å². The van der Waals surface area contributed by atoms with E-state index in [0.29, 0.717) is 29.1 Å². The van der Waals surface area contributed by atoms with E-state index in [0.717, 1.165) is 22.0 Å². The Hall–Kier alpha value is -3.09. The van der Waals surface area contributed by atoms with Crippen molar-refractivity contribution in [2.75, 3.05) is 45.3 Å². The van der Waals surface area contributed by atoms with Crippen LogP contribution in [0, 0.1) is 0 Å². The molecule has 1 aliphatic heterocycles. The van der Waals surface area contributed by atoms with Gasteiger partial charge in [0.05, 0.1) is 30.5 Å². The first-order valence-electron chi connectivity index (χ1n) is 10.7. The first kappa shape index (κ1) is 26.0. The number of ether oxygens (including phenoxy) is 2. The van der Waals surface area contributed by atoms with E-state index in [1.807, 2.05) is 11.0 Å². The number of nitrogens with zero attached hydrogens (tertiary/aromatic N) is 4. The summed E-state index contributed by atoms with van der Waals surface area (Å²) in [5.41, 5.74) is 0.314. The Morgan fingerprint density at radius 2 is 1.58 bits per heavy atom. The minimum absolute atomic E-state index is 0.0496. The van der Waals surface area contributed by atoms with Crippen molar-refractivity contribution in [1.29, 1.82) is 0 Å². The number of benzene rings is 2. The molecule has 0 atom stereocenters. The fourth-order valence-electron chi connectivity index (χ4n) is 3.82. The fourth-order valence-corrected chi connectivity index (χ4v) is 5.74. The van der Waals surface area contributed by atoms with E-state index < -0.39 is 26.7 Å². The topological polar surface area (TPSA) is 84.9 Å². The van der Waals surface area contributed by atoms with Crippen LogP contribution in [0.25, 0.3) is 11.3 Å². The number of hydrogen-bond donors (Lipinski definition) is 0. The van der Waals surface area contributed by atoms with E-state index in [2.05, 4.69) is 10.2 Å². The van der Waals surface area contributed by atoms with Crippen molar-refractivity contribution < 1.29 is 31.1 Å². The molecule has 0 bridgehead atoms. The highest BCUT2D eigenvalue weighted by molar-refractivity contribution is 7.89. The van der Waals surface area contributed by atoms with Gasteiger partial charge in [0.2, 0.25) is 10.0 Å². The number of piperazine rings is 1. The molecule has 1 aromatic heterocycles. The molecule has 0 amide bonds. The second-order valence-electron chi connectivity index (χ2n) is 7.88. The molecule has 36 heavy (non-hydrogen) atoms. The van der Waals surface area contributed by atoms with Crippen molar-refractivity contribution in [3.63, 3.8) is 0 Å². The van der Waals surface area contributed by atoms with Gasteiger partial charge in [0.15, 0.2) is 17.3 Å². The van der Waals surface area contributed by atoms with Crippen LogP contribution in [0.5, 0.6) is 11.5 Å². The lowest BCUT2D eigenvalue weighted by molar-refractivity contribution is -0.137. The number of halogens is 4. The number of hydrogen-bond acceptors (Lipinski definition) is 7. The summed E-state index contributed by atoms with van der Waals surface area (Å²) in [5.74, 6) is 1.69. The van der Waals surface area contributed by atoms with Crippen LogP contribution in [0.1, 0.15) is 5.56 Å². The third kappa shape index (κ3) is 5.20. The zero-order valence-corrected chi connectivity index (χ0v) is 20.9. The van der Waals surface area contributed by atoms with E-state index in [9.17, 15) is 21.6 Å². The molecule has 0 unspecified atom stereocenters. The number of methoxy groups -OCH3 is 2. The van der Waals surface area contributed by atoms with E-state index in [1.165, 1.54) is 7.11 Å². The summed E-state index contributed by atoms with van der Waals surface area (Å²) in [6, 6.07) is 11.2. The first-order chi connectivity index (χ1) is 17.0. The Kier molecular flexibility index (Phi) is 7.30. The van der Waals surface area contributed by atoms with E-state index in [-0.39, 0.29) is 31.2 Å². The van der Waals surface area contributed by atoms with Gasteiger partial charge < -0.3 is 14.4 Å². The lowest BCUT2D eigenvalue weighted by Gasteiger charge is -2.34. The zero-order chi connectivity index (χ0) is 26.1. The van der Waals surface area contributed by atoms with Gasteiger partial charge in [0.25, 0.3) is 0 Å². The summed E-state index contributed by atoms with van der Waals surface area (Å²) < 4.78 is 77.0. The molecule has 13 heteroatoms. The Bertz CT molecular complexity index is 1350. The number of anilines is 1. The number of alkyl halides is 3. The maximum Gasteiger partial charge on any atom is 0.416 e. The molecule has 0 saturated carbocycles. The normalized spacial score (nSPS) is 15.1. The van der Waals surface area contributed by atoms with Crippen molar-refractivity contribution in [3.8, 4) is 22.8 Å². The van der Waals surface area contributed by atoms with Gasteiger partial charge in [-0.3, -0.25) is 0 Å². The van der Waals surface area contributed by atoms with E-state index >= 15 is 0 Å². The van der Waals surface area contributed by atoms with Crippen LogP contribution in [0.4, 0.5) is 19.0 Å². The smallest absolute Gasteiger partial charge is 0.416 e. The molecule has 1 aliphatic rings. The quantitative estimate of drug-likeness (QED) is 0.458. The predicted molar refractivity (Wildman–Crippen MR) is 128 cm³/mol. The Labute approximate surface area is 211 Å². The fraction of sp³-hybridized carbons (Fsp3) is 0.304. The molecular formula is C23H22ClF3N4O4S. The average molecular weight is 543 g/mol. The standard InChI is InChI=1S/C23H22ClF3N4O4S/c1-34-19-7-3-15(13-20(19)35-2)18-6-8-22(29-28-18)30-9-11-31(12-10-30)36(32,33)21-14-16(23(25,26)27)4-5-17(21)24/h3-8,13-14H,9-12H2,1-2H3. The highest BCUT2D eigenvalue weighted by Gasteiger charge is 2.35. The molecule has 0 spiro atoms. The van der Waals surface area contributed by atoms with Crippen LogP contribution in [0.3, 0.4) is 0 Å². The van der Waals surface area contributed by atoms with E-state index in [1.54, 1.807) is 31.4 Å². The molecule has 2 heterocycles. The summed E-state index contributed by atoms with van der Waals surface area (Å²) >= 11 is 5.96. The van der Waals surface area contributed by atoms with Gasteiger partial charge >= 0.3 is 6.18 Å². The molecule has 0 aliphatic carbocycles. The van der Waals surface area contributed by atoms with Gasteiger partial charge in [-0.2, -0.15) is 17.5 Å². The molecular weight excluding hydrogens is 521 g/mol. The summed E-state index contributed by atoms with van der Waals surface area (Å²) in [4.78, 5) is 1.29. The summed E-state index contributed by atoms with van der Waals surface area (Å²) in [7, 11) is -1.13. The minimum Gasteiger partial charge on any atom is -0.493 e. The van der Waals surface area contributed by atoms with Crippen LogP contribution in [0.2, 0.25) is 5.02 Å². The summed E-state index contributed by atoms with van der Waals surface area (Å²) in [6.45, 7) is 0.655. The van der Waals surface area contributed by atoms with Crippen LogP contribution >= 0.6 is 11.6 Å². The molecule has 192 valence electrons. The summed E-state index contributed by atoms with van der Waals surface area (Å²) in [6.07, 6.45) is -4.69. The zero-order valence-electron chi connectivity index (χ0n) is 19.3. The van der Waals surface area contributed by atoms with Crippen molar-refractivity contribution in [1.82, 2.24) is 14.5 Å². The molecule has 0 N–H and O–H groups in total.